The van der Waals surface area contributed by atoms with Crippen LogP contribution in [0.3, 0.4) is 0 Å². The molecule has 2 saturated heterocycles. The fraction of sp³-hybridized carbons (Fsp3) is 1.00. The molecule has 0 bridgehead atoms. The van der Waals surface area contributed by atoms with E-state index in [4.69, 9.17) is 9.47 Å². The Hall–Kier alpha value is -0.120. The van der Waals surface area contributed by atoms with Gasteiger partial charge in [0.2, 0.25) is 0 Å². The topological polar surface area (TPSA) is 30.5 Å². The maximum Gasteiger partial charge on any atom is 0.0623 e. The molecular weight excluding hydrogens is 178 g/mol. The molecule has 0 aromatic rings. The van der Waals surface area contributed by atoms with Crippen LogP contribution in [0, 0.1) is 0 Å². The summed E-state index contributed by atoms with van der Waals surface area (Å²) in [5.41, 5.74) is 0. The Balaban J connectivity index is 1.60. The lowest BCUT2D eigenvalue weighted by Crippen LogP contribution is -2.39. The van der Waals surface area contributed by atoms with Crippen LogP contribution in [0.4, 0.5) is 0 Å². The third-order valence-corrected chi connectivity index (χ3v) is 3.11. The quantitative estimate of drug-likeness (QED) is 0.743. The van der Waals surface area contributed by atoms with E-state index in [1.807, 2.05) is 0 Å². The second-order valence-electron chi connectivity index (χ2n) is 4.29. The number of nitrogens with one attached hydrogen (secondary N) is 1. The van der Waals surface area contributed by atoms with Gasteiger partial charge in [0.15, 0.2) is 0 Å². The van der Waals surface area contributed by atoms with Crippen LogP contribution in [-0.2, 0) is 9.47 Å². The maximum absolute atomic E-state index is 5.88. The Kier molecular flexibility index (Phi) is 4.22. The van der Waals surface area contributed by atoms with Crippen molar-refractivity contribution in [3.8, 4) is 0 Å². The number of ether oxygens (including phenoxy) is 2. The molecule has 1 N–H and O–H groups in total. The summed E-state index contributed by atoms with van der Waals surface area (Å²) in [6.07, 6.45) is 6.57. The van der Waals surface area contributed by atoms with Gasteiger partial charge in [0.25, 0.3) is 0 Å². The smallest absolute Gasteiger partial charge is 0.0623 e. The summed E-state index contributed by atoms with van der Waals surface area (Å²) in [7, 11) is 0. The Morgan fingerprint density at radius 2 is 2.00 bits per heavy atom. The molecule has 0 spiro atoms. The molecule has 2 fully saturated rings. The molecule has 0 aliphatic carbocycles. The summed E-state index contributed by atoms with van der Waals surface area (Å²) in [4.78, 5) is 0. The summed E-state index contributed by atoms with van der Waals surface area (Å²) in [6.45, 7) is 3.82. The second-order valence-corrected chi connectivity index (χ2v) is 4.29. The normalized spacial score (nSPS) is 30.4. The number of rotatable bonds is 3. The highest BCUT2D eigenvalue weighted by Crippen LogP contribution is 2.13. The highest BCUT2D eigenvalue weighted by atomic mass is 16.5. The Morgan fingerprint density at radius 3 is 2.71 bits per heavy atom. The van der Waals surface area contributed by atoms with E-state index < -0.39 is 0 Å². The standard InChI is InChI=1S/C11H21NO2/c1-2-6-12-10(3-1)9-14-11-4-7-13-8-5-11/h10-12H,1-9H2. The zero-order chi connectivity index (χ0) is 9.64. The van der Waals surface area contributed by atoms with Crippen LogP contribution in [0.5, 0.6) is 0 Å². The molecule has 0 radical (unpaired) electrons. The second kappa shape index (κ2) is 5.69. The molecule has 2 rings (SSSR count). The van der Waals surface area contributed by atoms with Crippen LogP contribution in [0.1, 0.15) is 32.1 Å². The number of hydrogen-bond acceptors (Lipinski definition) is 3. The third kappa shape index (κ3) is 3.23. The SMILES string of the molecule is C1CCC(COC2CCOCC2)NC1. The first kappa shape index (κ1) is 10.4. The summed E-state index contributed by atoms with van der Waals surface area (Å²) >= 11 is 0. The van der Waals surface area contributed by atoms with Gasteiger partial charge >= 0.3 is 0 Å². The molecule has 2 heterocycles. The predicted molar refractivity (Wildman–Crippen MR) is 55.4 cm³/mol. The van der Waals surface area contributed by atoms with Gasteiger partial charge in [0, 0.05) is 19.3 Å². The number of hydrogen-bond donors (Lipinski definition) is 1. The van der Waals surface area contributed by atoms with E-state index in [-0.39, 0.29) is 0 Å². The van der Waals surface area contributed by atoms with Crippen molar-refractivity contribution in [2.75, 3.05) is 26.4 Å². The minimum Gasteiger partial charge on any atom is -0.381 e. The largest absolute Gasteiger partial charge is 0.381 e. The molecule has 0 aromatic heterocycles. The molecule has 1 unspecified atom stereocenters. The van der Waals surface area contributed by atoms with Crippen molar-refractivity contribution < 1.29 is 9.47 Å². The van der Waals surface area contributed by atoms with Gasteiger partial charge in [-0.15, -0.1) is 0 Å². The predicted octanol–water partition coefficient (Wildman–Crippen LogP) is 1.32. The fourth-order valence-corrected chi connectivity index (χ4v) is 2.16. The molecule has 1 atom stereocenters. The lowest BCUT2D eigenvalue weighted by molar-refractivity contribution is -0.0397. The molecule has 0 aromatic carbocycles. The van der Waals surface area contributed by atoms with Crippen molar-refractivity contribution in [2.45, 2.75) is 44.2 Å². The average molecular weight is 199 g/mol. The third-order valence-electron chi connectivity index (χ3n) is 3.11. The van der Waals surface area contributed by atoms with E-state index in [2.05, 4.69) is 5.32 Å². The molecule has 0 saturated carbocycles. The fourth-order valence-electron chi connectivity index (χ4n) is 2.16. The zero-order valence-corrected chi connectivity index (χ0v) is 8.84. The van der Waals surface area contributed by atoms with Gasteiger partial charge in [-0.05, 0) is 32.2 Å². The first-order chi connectivity index (χ1) is 6.95. The lowest BCUT2D eigenvalue weighted by Gasteiger charge is -2.27. The minimum atomic E-state index is 0.451. The van der Waals surface area contributed by atoms with E-state index in [0.29, 0.717) is 12.1 Å². The Labute approximate surface area is 86.2 Å². The van der Waals surface area contributed by atoms with Gasteiger partial charge in [0.05, 0.1) is 12.7 Å². The monoisotopic (exact) mass is 199 g/mol. The summed E-state index contributed by atoms with van der Waals surface area (Å²) in [5.74, 6) is 0. The van der Waals surface area contributed by atoms with Gasteiger partial charge < -0.3 is 14.8 Å². The summed E-state index contributed by atoms with van der Waals surface area (Å²) in [5, 5.41) is 3.50. The van der Waals surface area contributed by atoms with Crippen molar-refractivity contribution in [1.29, 1.82) is 0 Å². The number of piperidine rings is 1. The molecule has 14 heavy (non-hydrogen) atoms. The van der Waals surface area contributed by atoms with Crippen LogP contribution in [-0.4, -0.2) is 38.5 Å². The average Bonchev–Trinajstić information content (AvgIpc) is 2.29. The summed E-state index contributed by atoms with van der Waals surface area (Å²) < 4.78 is 11.2. The molecule has 2 aliphatic rings. The van der Waals surface area contributed by atoms with Gasteiger partial charge in [-0.3, -0.25) is 0 Å². The Bertz CT molecular complexity index is 133. The van der Waals surface area contributed by atoms with Gasteiger partial charge in [-0.2, -0.15) is 0 Å². The molecule has 3 heteroatoms. The van der Waals surface area contributed by atoms with E-state index in [1.165, 1.54) is 25.8 Å². The minimum absolute atomic E-state index is 0.451. The van der Waals surface area contributed by atoms with Gasteiger partial charge in [-0.1, -0.05) is 6.42 Å². The molecule has 2 aliphatic heterocycles. The van der Waals surface area contributed by atoms with Crippen LogP contribution in [0.2, 0.25) is 0 Å². The highest BCUT2D eigenvalue weighted by molar-refractivity contribution is 4.72. The van der Waals surface area contributed by atoms with Crippen molar-refractivity contribution >= 4 is 0 Å². The lowest BCUT2D eigenvalue weighted by atomic mass is 10.1. The maximum atomic E-state index is 5.88. The first-order valence-corrected chi connectivity index (χ1v) is 5.88. The van der Waals surface area contributed by atoms with Crippen molar-refractivity contribution in [2.24, 2.45) is 0 Å². The zero-order valence-electron chi connectivity index (χ0n) is 8.84. The molecule has 82 valence electrons. The van der Waals surface area contributed by atoms with Gasteiger partial charge in [0.1, 0.15) is 0 Å². The molecule has 3 nitrogen and oxygen atoms in total. The Morgan fingerprint density at radius 1 is 1.14 bits per heavy atom. The van der Waals surface area contributed by atoms with Crippen LogP contribution in [0.25, 0.3) is 0 Å². The van der Waals surface area contributed by atoms with Crippen LogP contribution >= 0.6 is 0 Å². The van der Waals surface area contributed by atoms with E-state index in [9.17, 15) is 0 Å². The molecule has 0 amide bonds. The first-order valence-electron chi connectivity index (χ1n) is 5.88. The van der Waals surface area contributed by atoms with E-state index in [1.54, 1.807) is 0 Å². The van der Waals surface area contributed by atoms with Crippen molar-refractivity contribution in [3.05, 3.63) is 0 Å². The van der Waals surface area contributed by atoms with Crippen molar-refractivity contribution in [3.63, 3.8) is 0 Å². The van der Waals surface area contributed by atoms with Gasteiger partial charge in [-0.25, -0.2) is 0 Å². The van der Waals surface area contributed by atoms with Crippen LogP contribution < -0.4 is 5.32 Å². The summed E-state index contributed by atoms with van der Waals surface area (Å²) in [6, 6.07) is 0.603. The molecular formula is C11H21NO2. The van der Waals surface area contributed by atoms with E-state index >= 15 is 0 Å². The van der Waals surface area contributed by atoms with Crippen LogP contribution in [0.15, 0.2) is 0 Å². The van der Waals surface area contributed by atoms with E-state index in [0.717, 1.165) is 32.7 Å². The van der Waals surface area contributed by atoms with Crippen molar-refractivity contribution in [1.82, 2.24) is 5.32 Å². The highest BCUT2D eigenvalue weighted by Gasteiger charge is 2.17.